The van der Waals surface area contributed by atoms with Crippen LogP contribution in [0.3, 0.4) is 0 Å². The zero-order chi connectivity index (χ0) is 13.3. The molecule has 1 aliphatic heterocycles. The third kappa shape index (κ3) is 4.73. The molecule has 1 heterocycles. The molecule has 19 heavy (non-hydrogen) atoms. The summed E-state index contributed by atoms with van der Waals surface area (Å²) in [5.74, 6) is 1.65. The zero-order valence-electron chi connectivity index (χ0n) is 11.7. The second-order valence-corrected chi connectivity index (χ2v) is 4.68. The van der Waals surface area contributed by atoms with Gasteiger partial charge in [0.2, 0.25) is 0 Å². The lowest BCUT2D eigenvalue weighted by molar-refractivity contribution is 0.140. The van der Waals surface area contributed by atoms with Crippen LogP contribution in [0.4, 0.5) is 0 Å². The van der Waals surface area contributed by atoms with Gasteiger partial charge in [-0.1, -0.05) is 18.6 Å². The Labute approximate surface area is 115 Å². The summed E-state index contributed by atoms with van der Waals surface area (Å²) < 4.78 is 11.3. The number of hydrogen-bond donors (Lipinski definition) is 1. The monoisotopic (exact) mass is 264 g/mol. The Kier molecular flexibility index (Phi) is 5.98. The number of ether oxygens (including phenoxy) is 2. The van der Waals surface area contributed by atoms with Crippen molar-refractivity contribution >= 4 is 0 Å². The predicted octanol–water partition coefficient (Wildman–Crippen LogP) is 2.45. The first kappa shape index (κ1) is 14.2. The van der Waals surface area contributed by atoms with Crippen LogP contribution >= 0.6 is 0 Å². The largest absolute Gasteiger partial charge is 0.490 e. The fourth-order valence-corrected chi connectivity index (χ4v) is 2.26. The molecule has 0 bridgehead atoms. The van der Waals surface area contributed by atoms with E-state index in [4.69, 9.17) is 9.47 Å². The molecule has 0 aromatic heterocycles. The molecule has 0 unspecified atom stereocenters. The summed E-state index contributed by atoms with van der Waals surface area (Å²) >= 11 is 0. The summed E-state index contributed by atoms with van der Waals surface area (Å²) in [4.78, 5) is 0. The molecule has 0 saturated carbocycles. The van der Waals surface area contributed by atoms with Gasteiger partial charge in [0.15, 0.2) is 11.5 Å². The molecule has 2 rings (SSSR count). The maximum absolute atomic E-state index is 5.77. The van der Waals surface area contributed by atoms with Gasteiger partial charge in [-0.2, -0.15) is 0 Å². The molecular formula is C15H24N2O2. The molecule has 106 valence electrons. The first-order chi connectivity index (χ1) is 9.40. The van der Waals surface area contributed by atoms with Crippen LogP contribution in [0.25, 0.3) is 0 Å². The molecule has 0 atom stereocenters. The van der Waals surface area contributed by atoms with Gasteiger partial charge in [-0.05, 0) is 31.9 Å². The van der Waals surface area contributed by atoms with Gasteiger partial charge in [-0.3, -0.25) is 5.43 Å². The van der Waals surface area contributed by atoms with Crippen LogP contribution in [0.1, 0.15) is 26.2 Å². The Morgan fingerprint density at radius 2 is 1.74 bits per heavy atom. The number of nitrogens with one attached hydrogen (secondary N) is 1. The lowest BCUT2D eigenvalue weighted by Crippen LogP contribution is -2.43. The lowest BCUT2D eigenvalue weighted by Gasteiger charge is -2.27. The number of rotatable bonds is 7. The van der Waals surface area contributed by atoms with Crippen LogP contribution in [0.2, 0.25) is 0 Å². The van der Waals surface area contributed by atoms with Crippen LogP contribution in [-0.4, -0.2) is 37.9 Å². The van der Waals surface area contributed by atoms with E-state index in [-0.39, 0.29) is 0 Å². The van der Waals surface area contributed by atoms with Gasteiger partial charge in [0.05, 0.1) is 6.61 Å². The summed E-state index contributed by atoms with van der Waals surface area (Å²) in [5.41, 5.74) is 3.41. The lowest BCUT2D eigenvalue weighted by atomic mass is 10.2. The molecule has 0 amide bonds. The second kappa shape index (κ2) is 8.02. The minimum absolute atomic E-state index is 0.653. The van der Waals surface area contributed by atoms with E-state index in [9.17, 15) is 0 Å². The molecular weight excluding hydrogens is 240 g/mol. The molecule has 1 aliphatic rings. The van der Waals surface area contributed by atoms with E-state index < -0.39 is 0 Å². The maximum Gasteiger partial charge on any atom is 0.161 e. The van der Waals surface area contributed by atoms with Crippen LogP contribution in [-0.2, 0) is 0 Å². The summed E-state index contributed by atoms with van der Waals surface area (Å²) in [6.07, 6.45) is 3.94. The normalized spacial score (nSPS) is 16.3. The summed E-state index contributed by atoms with van der Waals surface area (Å²) in [6, 6.07) is 7.82. The molecule has 0 aliphatic carbocycles. The Hall–Kier alpha value is -1.26. The maximum atomic E-state index is 5.77. The molecule has 4 nitrogen and oxygen atoms in total. The SMILES string of the molecule is CCOc1ccccc1OCCNN1CCCCC1. The van der Waals surface area contributed by atoms with Crippen molar-refractivity contribution in [1.82, 2.24) is 10.4 Å². The average molecular weight is 264 g/mol. The van der Waals surface area contributed by atoms with Gasteiger partial charge in [-0.25, -0.2) is 5.01 Å². The van der Waals surface area contributed by atoms with Crippen molar-refractivity contribution in [3.63, 3.8) is 0 Å². The second-order valence-electron chi connectivity index (χ2n) is 4.68. The highest BCUT2D eigenvalue weighted by molar-refractivity contribution is 5.39. The molecule has 0 radical (unpaired) electrons. The van der Waals surface area contributed by atoms with E-state index in [1.807, 2.05) is 31.2 Å². The van der Waals surface area contributed by atoms with Crippen molar-refractivity contribution in [2.24, 2.45) is 0 Å². The van der Waals surface area contributed by atoms with Crippen molar-refractivity contribution in [2.45, 2.75) is 26.2 Å². The van der Waals surface area contributed by atoms with Crippen LogP contribution < -0.4 is 14.9 Å². The fraction of sp³-hybridized carbons (Fsp3) is 0.600. The highest BCUT2D eigenvalue weighted by Gasteiger charge is 2.09. The van der Waals surface area contributed by atoms with Crippen molar-refractivity contribution < 1.29 is 9.47 Å². The van der Waals surface area contributed by atoms with Crippen molar-refractivity contribution in [1.29, 1.82) is 0 Å². The Bertz CT molecular complexity index is 365. The predicted molar refractivity (Wildman–Crippen MR) is 76.5 cm³/mol. The molecule has 1 saturated heterocycles. The summed E-state index contributed by atoms with van der Waals surface area (Å²) in [6.45, 7) is 6.42. The highest BCUT2D eigenvalue weighted by atomic mass is 16.5. The van der Waals surface area contributed by atoms with Crippen LogP contribution in [0, 0.1) is 0 Å². The van der Waals surface area contributed by atoms with Crippen molar-refractivity contribution in [3.05, 3.63) is 24.3 Å². The van der Waals surface area contributed by atoms with Crippen LogP contribution in [0.15, 0.2) is 24.3 Å². The smallest absolute Gasteiger partial charge is 0.161 e. The third-order valence-corrected chi connectivity index (χ3v) is 3.20. The van der Waals surface area contributed by atoms with Gasteiger partial charge >= 0.3 is 0 Å². The number of hydrazine groups is 1. The molecule has 4 heteroatoms. The zero-order valence-corrected chi connectivity index (χ0v) is 11.7. The Morgan fingerprint density at radius 1 is 1.05 bits per heavy atom. The van der Waals surface area contributed by atoms with E-state index in [2.05, 4.69) is 10.4 Å². The van der Waals surface area contributed by atoms with E-state index in [0.29, 0.717) is 13.2 Å². The van der Waals surface area contributed by atoms with Gasteiger partial charge in [0.25, 0.3) is 0 Å². The van der Waals surface area contributed by atoms with Gasteiger partial charge in [-0.15, -0.1) is 0 Å². The number of piperidine rings is 1. The Balaban J connectivity index is 1.70. The van der Waals surface area contributed by atoms with E-state index in [1.165, 1.54) is 19.3 Å². The summed E-state index contributed by atoms with van der Waals surface area (Å²) in [7, 11) is 0. The number of hydrogen-bond acceptors (Lipinski definition) is 4. The van der Waals surface area contributed by atoms with E-state index in [1.54, 1.807) is 0 Å². The first-order valence-corrected chi connectivity index (χ1v) is 7.23. The summed E-state index contributed by atoms with van der Waals surface area (Å²) in [5, 5.41) is 2.29. The highest BCUT2D eigenvalue weighted by Crippen LogP contribution is 2.26. The number of nitrogens with zero attached hydrogens (tertiary/aromatic N) is 1. The van der Waals surface area contributed by atoms with Gasteiger partial charge in [0, 0.05) is 19.6 Å². The molecule has 1 fully saturated rings. The standard InChI is InChI=1S/C15H24N2O2/c1-2-18-14-8-4-5-9-15(14)19-13-10-16-17-11-6-3-7-12-17/h4-5,8-9,16H,2-3,6-7,10-13H2,1H3. The number of para-hydroxylation sites is 2. The number of benzene rings is 1. The molecule has 1 N–H and O–H groups in total. The fourth-order valence-electron chi connectivity index (χ4n) is 2.26. The van der Waals surface area contributed by atoms with Crippen molar-refractivity contribution in [3.8, 4) is 11.5 Å². The van der Waals surface area contributed by atoms with E-state index in [0.717, 1.165) is 31.1 Å². The van der Waals surface area contributed by atoms with Gasteiger partial charge < -0.3 is 9.47 Å². The Morgan fingerprint density at radius 3 is 2.42 bits per heavy atom. The van der Waals surface area contributed by atoms with Crippen LogP contribution in [0.5, 0.6) is 11.5 Å². The minimum atomic E-state index is 0.653. The topological polar surface area (TPSA) is 33.7 Å². The third-order valence-electron chi connectivity index (χ3n) is 3.20. The minimum Gasteiger partial charge on any atom is -0.490 e. The van der Waals surface area contributed by atoms with Gasteiger partial charge in [0.1, 0.15) is 6.61 Å². The quantitative estimate of drug-likeness (QED) is 0.767. The first-order valence-electron chi connectivity index (χ1n) is 7.23. The van der Waals surface area contributed by atoms with E-state index >= 15 is 0 Å². The molecule has 0 spiro atoms. The average Bonchev–Trinajstić information content (AvgIpc) is 2.47. The van der Waals surface area contributed by atoms with Crippen molar-refractivity contribution in [2.75, 3.05) is 32.8 Å². The molecule has 1 aromatic rings. The molecule has 1 aromatic carbocycles.